The number of rotatable bonds is 5. The van der Waals surface area contributed by atoms with Crippen molar-refractivity contribution in [2.75, 3.05) is 20.2 Å². The first-order valence-electron chi connectivity index (χ1n) is 8.00. The third-order valence-electron chi connectivity index (χ3n) is 4.77. The van der Waals surface area contributed by atoms with E-state index >= 15 is 0 Å². The van der Waals surface area contributed by atoms with Gasteiger partial charge in [0.2, 0.25) is 11.8 Å². The van der Waals surface area contributed by atoms with Gasteiger partial charge in [0.05, 0.1) is 6.10 Å². The Morgan fingerprint density at radius 3 is 2.65 bits per heavy atom. The molecule has 1 saturated heterocycles. The van der Waals surface area contributed by atoms with Crippen LogP contribution in [0.5, 0.6) is 0 Å². The Labute approximate surface area is 135 Å². The minimum absolute atomic E-state index is 0.0538. The summed E-state index contributed by atoms with van der Waals surface area (Å²) in [6.45, 7) is 2.32. The van der Waals surface area contributed by atoms with E-state index < -0.39 is 12.1 Å². The fraction of sp³-hybridized carbons (Fsp3) is 0.800. The smallest absolute Gasteiger partial charge is 0.408 e. The van der Waals surface area contributed by atoms with Crippen molar-refractivity contribution in [1.82, 2.24) is 15.5 Å². The lowest BCUT2D eigenvalue weighted by molar-refractivity contribution is -0.125. The molecule has 2 rings (SSSR count). The van der Waals surface area contributed by atoms with Gasteiger partial charge in [-0.1, -0.05) is 0 Å². The van der Waals surface area contributed by atoms with E-state index in [1.807, 2.05) is 0 Å². The van der Waals surface area contributed by atoms with Crippen molar-refractivity contribution >= 4 is 17.9 Å². The van der Waals surface area contributed by atoms with Gasteiger partial charge in [-0.2, -0.15) is 0 Å². The number of nitrogens with one attached hydrogen (secondary N) is 2. The van der Waals surface area contributed by atoms with Crippen molar-refractivity contribution in [1.29, 1.82) is 0 Å². The topological polar surface area (TPSA) is 108 Å². The molecule has 4 atom stereocenters. The third kappa shape index (κ3) is 4.13. The maximum atomic E-state index is 11.9. The van der Waals surface area contributed by atoms with Crippen LogP contribution in [0.2, 0.25) is 0 Å². The zero-order valence-electron chi connectivity index (χ0n) is 13.6. The van der Waals surface area contributed by atoms with Gasteiger partial charge in [-0.05, 0) is 31.6 Å². The highest BCUT2D eigenvalue weighted by Gasteiger charge is 2.43. The average Bonchev–Trinajstić information content (AvgIpc) is 2.92. The molecule has 0 unspecified atom stereocenters. The monoisotopic (exact) mass is 327 g/mol. The maximum absolute atomic E-state index is 11.9. The van der Waals surface area contributed by atoms with Gasteiger partial charge in [0, 0.05) is 33.2 Å². The summed E-state index contributed by atoms with van der Waals surface area (Å²) < 4.78 is 5.41. The molecule has 0 bridgehead atoms. The van der Waals surface area contributed by atoms with E-state index in [1.165, 1.54) is 11.8 Å². The second-order valence-corrected chi connectivity index (χ2v) is 6.22. The summed E-state index contributed by atoms with van der Waals surface area (Å²) in [6, 6.07) is -0.934. The molecular formula is C15H25N3O5. The highest BCUT2D eigenvalue weighted by Crippen LogP contribution is 2.32. The number of amides is 3. The van der Waals surface area contributed by atoms with Crippen LogP contribution in [0.25, 0.3) is 0 Å². The van der Waals surface area contributed by atoms with Crippen LogP contribution in [0.4, 0.5) is 4.79 Å². The standard InChI is InChI=1S/C15H25N3O5/c1-9(19)17-8-10-7-11(23-2)3-4-12(10)18(15(21)22)13-5-6-16-14(13)20/h10-13H,3-8H2,1-2H3,(H,16,20)(H,17,19)(H,21,22)/t10-,11+,12-,13-/m0/s1. The molecule has 8 nitrogen and oxygen atoms in total. The third-order valence-corrected chi connectivity index (χ3v) is 4.77. The van der Waals surface area contributed by atoms with E-state index in [2.05, 4.69) is 10.6 Å². The summed E-state index contributed by atoms with van der Waals surface area (Å²) >= 11 is 0. The van der Waals surface area contributed by atoms with Crippen LogP contribution >= 0.6 is 0 Å². The summed E-state index contributed by atoms with van der Waals surface area (Å²) in [5, 5.41) is 15.1. The molecule has 1 heterocycles. The Bertz CT molecular complexity index is 470. The van der Waals surface area contributed by atoms with E-state index in [4.69, 9.17) is 4.74 Å². The molecule has 0 spiro atoms. The molecule has 1 saturated carbocycles. The van der Waals surface area contributed by atoms with E-state index in [9.17, 15) is 19.5 Å². The van der Waals surface area contributed by atoms with Crippen LogP contribution in [-0.4, -0.2) is 66.3 Å². The van der Waals surface area contributed by atoms with Gasteiger partial charge in [-0.15, -0.1) is 0 Å². The fourth-order valence-corrected chi connectivity index (χ4v) is 3.63. The van der Waals surface area contributed by atoms with E-state index in [0.717, 1.165) is 6.42 Å². The first kappa shape index (κ1) is 17.5. The number of carboxylic acid groups (broad SMARTS) is 1. The van der Waals surface area contributed by atoms with Crippen molar-refractivity contribution < 1.29 is 24.2 Å². The maximum Gasteiger partial charge on any atom is 0.408 e. The Morgan fingerprint density at radius 2 is 2.13 bits per heavy atom. The lowest BCUT2D eigenvalue weighted by Crippen LogP contribution is -2.56. The summed E-state index contributed by atoms with van der Waals surface area (Å²) in [4.78, 5) is 36.3. The summed E-state index contributed by atoms with van der Waals surface area (Å²) in [7, 11) is 1.64. The molecule has 2 aliphatic rings. The number of carbonyl (C=O) groups excluding carboxylic acids is 2. The van der Waals surface area contributed by atoms with Crippen LogP contribution in [0.1, 0.15) is 32.6 Å². The summed E-state index contributed by atoms with van der Waals surface area (Å²) in [5.74, 6) is -0.453. The fourth-order valence-electron chi connectivity index (χ4n) is 3.63. The van der Waals surface area contributed by atoms with Crippen molar-refractivity contribution in [2.45, 2.75) is 50.8 Å². The first-order valence-corrected chi connectivity index (χ1v) is 8.00. The molecule has 3 amide bonds. The molecule has 1 aliphatic carbocycles. The van der Waals surface area contributed by atoms with Crippen LogP contribution in [-0.2, 0) is 14.3 Å². The molecule has 0 aromatic rings. The molecule has 0 radical (unpaired) electrons. The molecule has 0 aromatic carbocycles. The average molecular weight is 327 g/mol. The Balaban J connectivity index is 2.17. The number of nitrogens with zero attached hydrogens (tertiary/aromatic N) is 1. The highest BCUT2D eigenvalue weighted by molar-refractivity contribution is 5.87. The highest BCUT2D eigenvalue weighted by atomic mass is 16.5. The molecule has 0 aromatic heterocycles. The predicted octanol–water partition coefficient (Wildman–Crippen LogP) is 0.175. The van der Waals surface area contributed by atoms with Crippen molar-refractivity contribution in [3.63, 3.8) is 0 Å². The molecule has 23 heavy (non-hydrogen) atoms. The minimum Gasteiger partial charge on any atom is -0.465 e. The molecule has 8 heteroatoms. The van der Waals surface area contributed by atoms with E-state index in [-0.39, 0.29) is 29.9 Å². The molecule has 1 aliphatic heterocycles. The number of ether oxygens (including phenoxy) is 1. The molecule has 2 fully saturated rings. The van der Waals surface area contributed by atoms with Gasteiger partial charge >= 0.3 is 6.09 Å². The Morgan fingerprint density at radius 1 is 1.39 bits per heavy atom. The number of hydrogen-bond donors (Lipinski definition) is 3. The number of methoxy groups -OCH3 is 1. The van der Waals surface area contributed by atoms with Crippen molar-refractivity contribution in [2.24, 2.45) is 5.92 Å². The van der Waals surface area contributed by atoms with E-state index in [0.29, 0.717) is 32.4 Å². The second kappa shape index (κ2) is 7.63. The van der Waals surface area contributed by atoms with Gasteiger partial charge in [-0.3, -0.25) is 14.5 Å². The predicted molar refractivity (Wildman–Crippen MR) is 81.9 cm³/mol. The molecule has 3 N–H and O–H groups in total. The zero-order valence-corrected chi connectivity index (χ0v) is 13.6. The Hall–Kier alpha value is -1.83. The van der Waals surface area contributed by atoms with Gasteiger partial charge in [0.25, 0.3) is 0 Å². The van der Waals surface area contributed by atoms with Crippen LogP contribution in [0, 0.1) is 5.92 Å². The van der Waals surface area contributed by atoms with E-state index in [1.54, 1.807) is 7.11 Å². The van der Waals surface area contributed by atoms with Gasteiger partial charge in [0.1, 0.15) is 6.04 Å². The number of carbonyl (C=O) groups is 3. The SMILES string of the molecule is CO[C@@H]1CC[C@H](N(C(=O)O)[C@H]2CCNC2=O)[C@H](CNC(C)=O)C1. The zero-order chi connectivity index (χ0) is 17.0. The first-order chi connectivity index (χ1) is 10.9. The van der Waals surface area contributed by atoms with Crippen LogP contribution in [0.15, 0.2) is 0 Å². The summed E-state index contributed by atoms with van der Waals surface area (Å²) in [6.07, 6.45) is 1.50. The lowest BCUT2D eigenvalue weighted by Gasteiger charge is -2.42. The lowest BCUT2D eigenvalue weighted by atomic mass is 9.81. The second-order valence-electron chi connectivity index (χ2n) is 6.22. The quantitative estimate of drug-likeness (QED) is 0.667. The molecule has 130 valence electrons. The number of hydrogen-bond acceptors (Lipinski definition) is 4. The normalized spacial score (nSPS) is 30.6. The van der Waals surface area contributed by atoms with Gasteiger partial charge < -0.3 is 20.5 Å². The summed E-state index contributed by atoms with van der Waals surface area (Å²) in [5.41, 5.74) is 0. The minimum atomic E-state index is -1.08. The van der Waals surface area contributed by atoms with Gasteiger partial charge in [-0.25, -0.2) is 4.79 Å². The van der Waals surface area contributed by atoms with Crippen LogP contribution in [0.3, 0.4) is 0 Å². The largest absolute Gasteiger partial charge is 0.465 e. The van der Waals surface area contributed by atoms with Crippen LogP contribution < -0.4 is 10.6 Å². The van der Waals surface area contributed by atoms with Gasteiger partial charge in [0.15, 0.2) is 0 Å². The Kier molecular flexibility index (Phi) is 5.81. The van der Waals surface area contributed by atoms with Crippen molar-refractivity contribution in [3.05, 3.63) is 0 Å². The van der Waals surface area contributed by atoms with Crippen molar-refractivity contribution in [3.8, 4) is 0 Å². The molecular weight excluding hydrogens is 302 g/mol.